The first-order valence-corrected chi connectivity index (χ1v) is 10.2. The molecule has 1 aliphatic rings. The second kappa shape index (κ2) is 7.80. The number of Topliss-reactive ketones (excluding diaryl/α,β-unsaturated/α-hetero) is 1. The van der Waals surface area contributed by atoms with E-state index in [1.807, 2.05) is 0 Å². The van der Waals surface area contributed by atoms with Crippen LogP contribution >= 0.6 is 0 Å². The zero-order valence-corrected chi connectivity index (χ0v) is 14.9. The molecular formula is C19H20N2O4S. The molecule has 0 bridgehead atoms. The fourth-order valence-electron chi connectivity index (χ4n) is 2.92. The molecule has 2 N–H and O–H groups in total. The molecule has 2 atom stereocenters. The summed E-state index contributed by atoms with van der Waals surface area (Å²) in [5, 5.41) is 5.70. The predicted molar refractivity (Wildman–Crippen MR) is 98.7 cm³/mol. The van der Waals surface area contributed by atoms with Gasteiger partial charge in [0, 0.05) is 17.2 Å². The number of nitrogens with one attached hydrogen (secondary N) is 2. The molecule has 1 saturated heterocycles. The molecule has 1 aliphatic heterocycles. The van der Waals surface area contributed by atoms with E-state index in [-0.39, 0.29) is 23.3 Å². The van der Waals surface area contributed by atoms with Gasteiger partial charge in [-0.1, -0.05) is 48.5 Å². The average Bonchev–Trinajstić information content (AvgIpc) is 3.00. The summed E-state index contributed by atoms with van der Waals surface area (Å²) in [4.78, 5) is 25.3. The standard InChI is InChI=1S/C19H20N2O4S/c22-17(14-7-3-1-4-8-14)18(20-16-11-12-26(24,25)13-16)21-19(23)15-9-5-2-6-10-15/h1-10,16,18,20H,11-13H2,(H,21,23)/t16-,18+/m1/s1. The van der Waals surface area contributed by atoms with Gasteiger partial charge in [0.25, 0.3) is 5.91 Å². The normalized spacial score (nSPS) is 19.6. The van der Waals surface area contributed by atoms with E-state index in [9.17, 15) is 18.0 Å². The topological polar surface area (TPSA) is 92.3 Å². The summed E-state index contributed by atoms with van der Waals surface area (Å²) in [6.07, 6.45) is -0.578. The highest BCUT2D eigenvalue weighted by molar-refractivity contribution is 7.91. The molecule has 3 rings (SSSR count). The molecule has 1 amide bonds. The molecule has 0 aromatic heterocycles. The van der Waals surface area contributed by atoms with E-state index in [0.717, 1.165) is 0 Å². The van der Waals surface area contributed by atoms with Gasteiger partial charge in [0.15, 0.2) is 15.6 Å². The molecule has 7 heteroatoms. The van der Waals surface area contributed by atoms with Crippen LogP contribution in [-0.4, -0.2) is 43.8 Å². The molecule has 6 nitrogen and oxygen atoms in total. The van der Waals surface area contributed by atoms with Crippen LogP contribution in [0.2, 0.25) is 0 Å². The summed E-state index contributed by atoms with van der Waals surface area (Å²) in [5.74, 6) is -0.650. The van der Waals surface area contributed by atoms with Crippen LogP contribution in [0.1, 0.15) is 27.1 Å². The summed E-state index contributed by atoms with van der Waals surface area (Å²) < 4.78 is 23.4. The fourth-order valence-corrected chi connectivity index (χ4v) is 4.60. The van der Waals surface area contributed by atoms with Crippen molar-refractivity contribution >= 4 is 21.5 Å². The third kappa shape index (κ3) is 4.56. The van der Waals surface area contributed by atoms with Gasteiger partial charge in [-0.25, -0.2) is 8.42 Å². The van der Waals surface area contributed by atoms with E-state index in [2.05, 4.69) is 10.6 Å². The van der Waals surface area contributed by atoms with Gasteiger partial charge in [0.2, 0.25) is 0 Å². The zero-order valence-electron chi connectivity index (χ0n) is 14.1. The highest BCUT2D eigenvalue weighted by atomic mass is 32.2. The van der Waals surface area contributed by atoms with Crippen molar-refractivity contribution in [3.63, 3.8) is 0 Å². The Hall–Kier alpha value is -2.51. The van der Waals surface area contributed by atoms with Crippen LogP contribution < -0.4 is 10.6 Å². The van der Waals surface area contributed by atoms with Crippen molar-refractivity contribution < 1.29 is 18.0 Å². The largest absolute Gasteiger partial charge is 0.330 e. The second-order valence-electron chi connectivity index (χ2n) is 6.27. The molecule has 0 saturated carbocycles. The number of ketones is 1. The lowest BCUT2D eigenvalue weighted by Crippen LogP contribution is -2.54. The molecule has 26 heavy (non-hydrogen) atoms. The Kier molecular flexibility index (Phi) is 5.49. The lowest BCUT2D eigenvalue weighted by atomic mass is 10.1. The first-order chi connectivity index (χ1) is 12.4. The van der Waals surface area contributed by atoms with E-state index in [1.165, 1.54) is 0 Å². The summed E-state index contributed by atoms with van der Waals surface area (Å²) >= 11 is 0. The van der Waals surface area contributed by atoms with Crippen LogP contribution in [-0.2, 0) is 9.84 Å². The number of carbonyl (C=O) groups excluding carboxylic acids is 2. The maximum absolute atomic E-state index is 12.8. The lowest BCUT2D eigenvalue weighted by Gasteiger charge is -2.22. The van der Waals surface area contributed by atoms with Crippen molar-refractivity contribution in [2.24, 2.45) is 0 Å². The summed E-state index contributed by atoms with van der Waals surface area (Å²) in [7, 11) is -3.10. The van der Waals surface area contributed by atoms with Gasteiger partial charge in [0.05, 0.1) is 11.5 Å². The minimum atomic E-state index is -3.10. The number of hydrogen-bond donors (Lipinski definition) is 2. The van der Waals surface area contributed by atoms with Gasteiger partial charge >= 0.3 is 0 Å². The molecule has 0 aliphatic carbocycles. The molecule has 0 spiro atoms. The number of sulfone groups is 1. The van der Waals surface area contributed by atoms with Crippen LogP contribution in [0.4, 0.5) is 0 Å². The van der Waals surface area contributed by atoms with E-state index in [1.54, 1.807) is 60.7 Å². The highest BCUT2D eigenvalue weighted by Crippen LogP contribution is 2.13. The van der Waals surface area contributed by atoms with Crippen molar-refractivity contribution in [1.82, 2.24) is 10.6 Å². The van der Waals surface area contributed by atoms with Crippen molar-refractivity contribution in [2.45, 2.75) is 18.6 Å². The van der Waals surface area contributed by atoms with Crippen LogP contribution in [0.25, 0.3) is 0 Å². The highest BCUT2D eigenvalue weighted by Gasteiger charge is 2.32. The molecule has 1 fully saturated rings. The maximum Gasteiger partial charge on any atom is 0.252 e. The van der Waals surface area contributed by atoms with Gasteiger partial charge in [-0.05, 0) is 18.6 Å². The SMILES string of the molecule is O=C(N[C@H](N[C@@H]1CCS(=O)(=O)C1)C(=O)c1ccccc1)c1ccccc1. The van der Waals surface area contributed by atoms with Crippen LogP contribution in [0.5, 0.6) is 0 Å². The minimum absolute atomic E-state index is 0.0349. The fraction of sp³-hybridized carbons (Fsp3) is 0.263. The molecule has 0 unspecified atom stereocenters. The first-order valence-electron chi connectivity index (χ1n) is 8.36. The maximum atomic E-state index is 12.8. The van der Waals surface area contributed by atoms with Gasteiger partial charge in [0.1, 0.15) is 6.17 Å². The van der Waals surface area contributed by atoms with Gasteiger partial charge in [-0.2, -0.15) is 0 Å². The van der Waals surface area contributed by atoms with E-state index < -0.39 is 21.9 Å². The van der Waals surface area contributed by atoms with E-state index in [0.29, 0.717) is 17.5 Å². The van der Waals surface area contributed by atoms with Crippen LogP contribution in [0.3, 0.4) is 0 Å². The third-order valence-corrected chi connectivity index (χ3v) is 6.03. The number of carbonyl (C=O) groups is 2. The van der Waals surface area contributed by atoms with Gasteiger partial charge < -0.3 is 5.32 Å². The lowest BCUT2D eigenvalue weighted by molar-refractivity contribution is 0.0831. The third-order valence-electron chi connectivity index (χ3n) is 4.27. The molecular weight excluding hydrogens is 352 g/mol. The Morgan fingerprint density at radius 3 is 2.04 bits per heavy atom. The molecule has 2 aromatic carbocycles. The molecule has 0 radical (unpaired) electrons. The van der Waals surface area contributed by atoms with Crippen molar-refractivity contribution in [2.75, 3.05) is 11.5 Å². The van der Waals surface area contributed by atoms with Crippen molar-refractivity contribution in [1.29, 1.82) is 0 Å². The minimum Gasteiger partial charge on any atom is -0.330 e. The smallest absolute Gasteiger partial charge is 0.252 e. The number of benzene rings is 2. The van der Waals surface area contributed by atoms with Crippen molar-refractivity contribution in [3.8, 4) is 0 Å². The summed E-state index contributed by atoms with van der Waals surface area (Å²) in [6.45, 7) is 0. The molecule has 2 aromatic rings. The van der Waals surface area contributed by atoms with E-state index in [4.69, 9.17) is 0 Å². The van der Waals surface area contributed by atoms with E-state index >= 15 is 0 Å². The molecule has 1 heterocycles. The second-order valence-corrected chi connectivity index (χ2v) is 8.50. The molecule has 136 valence electrons. The number of hydrogen-bond acceptors (Lipinski definition) is 5. The monoisotopic (exact) mass is 372 g/mol. The summed E-state index contributed by atoms with van der Waals surface area (Å²) in [6, 6.07) is 16.8. The Morgan fingerprint density at radius 2 is 1.50 bits per heavy atom. The Morgan fingerprint density at radius 1 is 0.923 bits per heavy atom. The van der Waals surface area contributed by atoms with Gasteiger partial charge in [-0.3, -0.25) is 14.9 Å². The Labute approximate surface area is 152 Å². The quantitative estimate of drug-likeness (QED) is 0.591. The Bertz CT molecular complexity index is 882. The predicted octanol–water partition coefficient (Wildman–Crippen LogP) is 1.40. The van der Waals surface area contributed by atoms with Crippen LogP contribution in [0.15, 0.2) is 60.7 Å². The van der Waals surface area contributed by atoms with Gasteiger partial charge in [-0.15, -0.1) is 0 Å². The first kappa shape index (κ1) is 18.3. The zero-order chi connectivity index (χ0) is 18.6. The average molecular weight is 372 g/mol. The Balaban J connectivity index is 1.79. The number of amides is 1. The van der Waals surface area contributed by atoms with Crippen LogP contribution in [0, 0.1) is 0 Å². The number of rotatable bonds is 6. The summed E-state index contributed by atoms with van der Waals surface area (Å²) in [5.41, 5.74) is 0.874. The van der Waals surface area contributed by atoms with Crippen molar-refractivity contribution in [3.05, 3.63) is 71.8 Å².